The molecule has 3 nitrogen and oxygen atoms in total. The van der Waals surface area contributed by atoms with Gasteiger partial charge in [-0.05, 0) is 63.1 Å². The Labute approximate surface area is 166 Å². The van der Waals surface area contributed by atoms with Gasteiger partial charge in [-0.15, -0.1) is 12.4 Å². The van der Waals surface area contributed by atoms with Crippen LogP contribution < -0.4 is 5.32 Å². The van der Waals surface area contributed by atoms with Gasteiger partial charge in [0.25, 0.3) is 0 Å². The topological polar surface area (TPSA) is 32.3 Å². The lowest BCUT2D eigenvalue weighted by atomic mass is 9.89. The minimum atomic E-state index is 0. The highest BCUT2D eigenvalue weighted by Crippen LogP contribution is 2.33. The van der Waals surface area contributed by atoms with Crippen molar-refractivity contribution in [2.75, 3.05) is 0 Å². The number of benzene rings is 1. The Morgan fingerprint density at radius 1 is 1.20 bits per heavy atom. The smallest absolute Gasteiger partial charge is 0.223 e. The van der Waals surface area contributed by atoms with Gasteiger partial charge in [-0.1, -0.05) is 29.3 Å². The first-order chi connectivity index (χ1) is 11.4. The maximum Gasteiger partial charge on any atom is 0.223 e. The second kappa shape index (κ2) is 8.94. The second-order valence-electron chi connectivity index (χ2n) is 7.54. The van der Waals surface area contributed by atoms with Crippen molar-refractivity contribution in [2.45, 2.75) is 70.6 Å². The molecule has 2 atom stereocenters. The van der Waals surface area contributed by atoms with Crippen molar-refractivity contribution in [1.29, 1.82) is 0 Å². The number of rotatable bonds is 5. The highest BCUT2D eigenvalue weighted by Gasteiger charge is 2.35. The molecule has 0 spiro atoms. The number of carbonyl (C=O) groups is 1. The quantitative estimate of drug-likeness (QED) is 0.741. The lowest BCUT2D eigenvalue weighted by Gasteiger charge is -2.32. The number of nitrogens with one attached hydrogen (secondary N) is 1. The predicted octanol–water partition coefficient (Wildman–Crippen LogP) is 5.07. The van der Waals surface area contributed by atoms with E-state index in [1.807, 2.05) is 17.0 Å². The molecule has 140 valence electrons. The molecule has 1 aromatic rings. The first kappa shape index (κ1) is 20.8. The molecule has 0 aromatic heterocycles. The average Bonchev–Trinajstić information content (AvgIpc) is 2.86. The van der Waals surface area contributed by atoms with E-state index in [1.54, 1.807) is 6.07 Å². The van der Waals surface area contributed by atoms with Crippen LogP contribution in [0.1, 0.15) is 51.5 Å². The van der Waals surface area contributed by atoms with Gasteiger partial charge >= 0.3 is 0 Å². The third-order valence-electron chi connectivity index (χ3n) is 5.31. The van der Waals surface area contributed by atoms with E-state index in [4.69, 9.17) is 23.2 Å². The van der Waals surface area contributed by atoms with E-state index < -0.39 is 0 Å². The van der Waals surface area contributed by atoms with Crippen LogP contribution in [0.25, 0.3) is 0 Å². The second-order valence-corrected chi connectivity index (χ2v) is 8.36. The number of fused-ring (bicyclic) bond motifs is 2. The number of halogens is 3. The molecular formula is C19H27Cl3N2O. The molecule has 1 amide bonds. The van der Waals surface area contributed by atoms with Crippen molar-refractivity contribution in [2.24, 2.45) is 5.92 Å². The van der Waals surface area contributed by atoms with Gasteiger partial charge in [0.1, 0.15) is 0 Å². The summed E-state index contributed by atoms with van der Waals surface area (Å²) in [5.41, 5.74) is 1.02. The van der Waals surface area contributed by atoms with E-state index in [0.29, 0.717) is 41.0 Å². The summed E-state index contributed by atoms with van der Waals surface area (Å²) >= 11 is 12.1. The Balaban J connectivity index is 0.00000225. The Kier molecular flexibility index (Phi) is 7.45. The lowest BCUT2D eigenvalue weighted by molar-refractivity contribution is -0.134. The molecule has 0 aliphatic carbocycles. The molecule has 1 N–H and O–H groups in total. The fourth-order valence-corrected chi connectivity index (χ4v) is 4.42. The number of nitrogens with zero attached hydrogens (tertiary/aromatic N) is 1. The van der Waals surface area contributed by atoms with E-state index in [9.17, 15) is 4.79 Å². The van der Waals surface area contributed by atoms with Crippen molar-refractivity contribution in [3.8, 4) is 0 Å². The minimum absolute atomic E-state index is 0. The molecule has 3 rings (SSSR count). The normalized spacial score (nSPS) is 24.9. The summed E-state index contributed by atoms with van der Waals surface area (Å²) in [7, 11) is 0. The molecule has 2 saturated heterocycles. The molecule has 2 bridgehead atoms. The molecule has 2 aliphatic rings. The first-order valence-corrected chi connectivity index (χ1v) is 9.67. The fraction of sp³-hybridized carbons (Fsp3) is 0.632. The van der Waals surface area contributed by atoms with Crippen LogP contribution in [0.2, 0.25) is 10.0 Å². The van der Waals surface area contributed by atoms with Gasteiger partial charge in [-0.2, -0.15) is 0 Å². The largest absolute Gasteiger partial charge is 0.336 e. The predicted molar refractivity (Wildman–Crippen MR) is 107 cm³/mol. The number of carbonyl (C=O) groups excluding carboxylic acids is 1. The molecule has 2 unspecified atom stereocenters. The van der Waals surface area contributed by atoms with Gasteiger partial charge in [0.05, 0.1) is 10.0 Å². The van der Waals surface area contributed by atoms with Crippen molar-refractivity contribution in [3.05, 3.63) is 33.8 Å². The summed E-state index contributed by atoms with van der Waals surface area (Å²) in [5.74, 6) is 0.772. The average molecular weight is 406 g/mol. The third kappa shape index (κ3) is 5.26. The number of hydrogen-bond donors (Lipinski definition) is 1. The Morgan fingerprint density at radius 2 is 1.84 bits per heavy atom. The summed E-state index contributed by atoms with van der Waals surface area (Å²) in [6.07, 6.45) is 5.48. The Bertz CT molecular complexity index is 596. The zero-order chi connectivity index (χ0) is 17.3. The van der Waals surface area contributed by atoms with Gasteiger partial charge in [0, 0.05) is 31.1 Å². The van der Waals surface area contributed by atoms with E-state index in [2.05, 4.69) is 19.2 Å². The van der Waals surface area contributed by atoms with Crippen LogP contribution >= 0.6 is 35.6 Å². The molecule has 2 heterocycles. The highest BCUT2D eigenvalue weighted by atomic mass is 35.5. The summed E-state index contributed by atoms with van der Waals surface area (Å²) < 4.78 is 0. The molecule has 0 radical (unpaired) electrons. The van der Waals surface area contributed by atoms with E-state index >= 15 is 0 Å². The molecule has 0 saturated carbocycles. The van der Waals surface area contributed by atoms with Crippen molar-refractivity contribution in [3.63, 3.8) is 0 Å². The summed E-state index contributed by atoms with van der Waals surface area (Å²) in [6.45, 7) is 4.73. The van der Waals surface area contributed by atoms with Crippen LogP contribution in [0, 0.1) is 5.92 Å². The van der Waals surface area contributed by atoms with Crippen LogP contribution in [0.5, 0.6) is 0 Å². The summed E-state index contributed by atoms with van der Waals surface area (Å²) in [4.78, 5) is 14.9. The van der Waals surface area contributed by atoms with E-state index in [-0.39, 0.29) is 24.4 Å². The highest BCUT2D eigenvalue weighted by molar-refractivity contribution is 6.42. The van der Waals surface area contributed by atoms with E-state index in [0.717, 1.165) is 18.4 Å². The summed E-state index contributed by atoms with van der Waals surface area (Å²) in [5, 5.41) is 4.74. The van der Waals surface area contributed by atoms with Crippen LogP contribution in [-0.4, -0.2) is 28.9 Å². The van der Waals surface area contributed by atoms with Crippen LogP contribution in [0.15, 0.2) is 18.2 Å². The van der Waals surface area contributed by atoms with Gasteiger partial charge in [0.15, 0.2) is 0 Å². The summed E-state index contributed by atoms with van der Waals surface area (Å²) in [6, 6.07) is 7.03. The monoisotopic (exact) mass is 404 g/mol. The van der Waals surface area contributed by atoms with Gasteiger partial charge < -0.3 is 10.2 Å². The van der Waals surface area contributed by atoms with Gasteiger partial charge in [0.2, 0.25) is 5.91 Å². The number of piperidine rings is 1. The van der Waals surface area contributed by atoms with E-state index in [1.165, 1.54) is 12.8 Å². The molecule has 2 fully saturated rings. The SMILES string of the molecule is CC(C)N(Cc1ccc(Cl)c(Cl)c1)C(=O)CC1CC2CCC(C1)N2.Cl. The lowest BCUT2D eigenvalue weighted by Crippen LogP contribution is -2.42. The third-order valence-corrected chi connectivity index (χ3v) is 6.05. The standard InChI is InChI=1S/C19H26Cl2N2O.ClH/c1-12(2)23(11-13-3-6-17(20)18(21)9-13)19(24)10-14-7-15-4-5-16(8-14)22-15;/h3,6,9,12,14-16,22H,4-5,7-8,10-11H2,1-2H3;1H. The first-order valence-electron chi connectivity index (χ1n) is 8.92. The molecule has 6 heteroatoms. The molecular weight excluding hydrogens is 379 g/mol. The Morgan fingerprint density at radius 3 is 2.40 bits per heavy atom. The fourth-order valence-electron chi connectivity index (χ4n) is 4.10. The molecule has 2 aliphatic heterocycles. The number of amides is 1. The molecule has 1 aromatic carbocycles. The number of hydrogen-bond acceptors (Lipinski definition) is 2. The van der Waals surface area contributed by atoms with Gasteiger partial charge in [-0.3, -0.25) is 4.79 Å². The molecule has 25 heavy (non-hydrogen) atoms. The van der Waals surface area contributed by atoms with Crippen LogP contribution in [0.4, 0.5) is 0 Å². The maximum absolute atomic E-state index is 12.9. The van der Waals surface area contributed by atoms with Crippen LogP contribution in [-0.2, 0) is 11.3 Å². The van der Waals surface area contributed by atoms with Gasteiger partial charge in [-0.25, -0.2) is 0 Å². The zero-order valence-electron chi connectivity index (χ0n) is 14.8. The van der Waals surface area contributed by atoms with Crippen molar-refractivity contribution < 1.29 is 4.79 Å². The van der Waals surface area contributed by atoms with Crippen LogP contribution in [0.3, 0.4) is 0 Å². The Hall–Kier alpha value is -0.480. The maximum atomic E-state index is 12.9. The minimum Gasteiger partial charge on any atom is -0.336 e. The zero-order valence-corrected chi connectivity index (χ0v) is 17.1. The van der Waals surface area contributed by atoms with Crippen molar-refractivity contribution in [1.82, 2.24) is 10.2 Å². The van der Waals surface area contributed by atoms with Crippen molar-refractivity contribution >= 4 is 41.5 Å².